The quantitative estimate of drug-likeness (QED) is 0.832. The molecule has 1 heterocycles. The van der Waals surface area contributed by atoms with E-state index in [1.807, 2.05) is 0 Å². The van der Waals surface area contributed by atoms with Gasteiger partial charge in [-0.05, 0) is 44.1 Å². The molecule has 0 spiro atoms. The molecule has 21 heavy (non-hydrogen) atoms. The average Bonchev–Trinajstić information content (AvgIpc) is 2.63. The predicted molar refractivity (Wildman–Crippen MR) is 82.9 cm³/mol. The SMILES string of the molecule is CCC1CN(C)CCCN1CC(=O)Cc1ccc(F)cc1. The fraction of sp³-hybridized carbons (Fsp3) is 0.588. The van der Waals surface area contributed by atoms with Crippen LogP contribution in [-0.4, -0.2) is 54.9 Å². The van der Waals surface area contributed by atoms with Crippen LogP contribution in [0.1, 0.15) is 25.3 Å². The van der Waals surface area contributed by atoms with Gasteiger partial charge in [-0.25, -0.2) is 4.39 Å². The topological polar surface area (TPSA) is 23.6 Å². The molecule has 2 rings (SSSR count). The fourth-order valence-electron chi connectivity index (χ4n) is 3.00. The van der Waals surface area contributed by atoms with Gasteiger partial charge in [0.2, 0.25) is 0 Å². The number of carbonyl (C=O) groups excluding carboxylic acids is 1. The second-order valence-corrected chi connectivity index (χ2v) is 5.99. The Bertz CT molecular complexity index is 460. The van der Waals surface area contributed by atoms with Crippen LogP contribution >= 0.6 is 0 Å². The van der Waals surface area contributed by atoms with Crippen LogP contribution in [0.2, 0.25) is 0 Å². The van der Waals surface area contributed by atoms with Crippen molar-refractivity contribution in [3.63, 3.8) is 0 Å². The summed E-state index contributed by atoms with van der Waals surface area (Å²) in [7, 11) is 2.15. The van der Waals surface area contributed by atoms with E-state index >= 15 is 0 Å². The van der Waals surface area contributed by atoms with E-state index in [0.717, 1.165) is 38.0 Å². The molecule has 1 aromatic carbocycles. The first-order chi connectivity index (χ1) is 10.1. The number of benzene rings is 1. The summed E-state index contributed by atoms with van der Waals surface area (Å²) < 4.78 is 12.9. The second-order valence-electron chi connectivity index (χ2n) is 5.99. The molecule has 1 aromatic rings. The van der Waals surface area contributed by atoms with Crippen molar-refractivity contribution in [3.05, 3.63) is 35.6 Å². The number of halogens is 1. The minimum Gasteiger partial charge on any atom is -0.305 e. The van der Waals surface area contributed by atoms with Crippen molar-refractivity contribution >= 4 is 5.78 Å². The van der Waals surface area contributed by atoms with Crippen molar-refractivity contribution < 1.29 is 9.18 Å². The Balaban J connectivity index is 1.92. The van der Waals surface area contributed by atoms with Gasteiger partial charge in [0, 0.05) is 25.6 Å². The van der Waals surface area contributed by atoms with Gasteiger partial charge in [-0.1, -0.05) is 19.1 Å². The van der Waals surface area contributed by atoms with Crippen molar-refractivity contribution in [1.29, 1.82) is 0 Å². The van der Waals surface area contributed by atoms with Crippen LogP contribution in [0.25, 0.3) is 0 Å². The van der Waals surface area contributed by atoms with Gasteiger partial charge in [0.1, 0.15) is 5.82 Å². The lowest BCUT2D eigenvalue weighted by molar-refractivity contribution is -0.120. The Morgan fingerprint density at radius 3 is 2.67 bits per heavy atom. The van der Waals surface area contributed by atoms with E-state index < -0.39 is 0 Å². The van der Waals surface area contributed by atoms with Crippen LogP contribution in [0.15, 0.2) is 24.3 Å². The summed E-state index contributed by atoms with van der Waals surface area (Å²) in [5, 5.41) is 0. The summed E-state index contributed by atoms with van der Waals surface area (Å²) in [6.45, 7) is 5.79. The first kappa shape index (κ1) is 16.1. The van der Waals surface area contributed by atoms with E-state index in [9.17, 15) is 9.18 Å². The van der Waals surface area contributed by atoms with Gasteiger partial charge in [-0.15, -0.1) is 0 Å². The highest BCUT2D eigenvalue weighted by Crippen LogP contribution is 2.12. The van der Waals surface area contributed by atoms with Gasteiger partial charge < -0.3 is 4.90 Å². The molecule has 0 N–H and O–H groups in total. The first-order valence-corrected chi connectivity index (χ1v) is 7.77. The molecule has 4 heteroatoms. The summed E-state index contributed by atoms with van der Waals surface area (Å²) in [4.78, 5) is 16.9. The molecular formula is C17H25FN2O. The van der Waals surface area contributed by atoms with E-state index in [-0.39, 0.29) is 11.6 Å². The van der Waals surface area contributed by atoms with Crippen molar-refractivity contribution in [3.8, 4) is 0 Å². The third-order valence-electron chi connectivity index (χ3n) is 4.19. The molecule has 1 aliphatic rings. The van der Waals surface area contributed by atoms with E-state index in [1.165, 1.54) is 12.1 Å². The van der Waals surface area contributed by atoms with Crippen LogP contribution in [0, 0.1) is 5.82 Å². The van der Waals surface area contributed by atoms with Gasteiger partial charge >= 0.3 is 0 Å². The number of rotatable bonds is 5. The zero-order chi connectivity index (χ0) is 15.2. The Labute approximate surface area is 126 Å². The maximum Gasteiger partial charge on any atom is 0.151 e. The van der Waals surface area contributed by atoms with Crippen LogP contribution in [-0.2, 0) is 11.2 Å². The fourth-order valence-corrected chi connectivity index (χ4v) is 3.00. The summed E-state index contributed by atoms with van der Waals surface area (Å²) in [6, 6.07) is 6.67. The number of Topliss-reactive ketones (excluding diaryl/α,β-unsaturated/α-hetero) is 1. The molecule has 0 amide bonds. The van der Waals surface area contributed by atoms with Gasteiger partial charge in [0.25, 0.3) is 0 Å². The normalized spacial score (nSPS) is 21.2. The van der Waals surface area contributed by atoms with Gasteiger partial charge in [0.05, 0.1) is 6.54 Å². The van der Waals surface area contributed by atoms with E-state index in [0.29, 0.717) is 19.0 Å². The Morgan fingerprint density at radius 1 is 1.29 bits per heavy atom. The molecule has 1 atom stereocenters. The third-order valence-corrected chi connectivity index (χ3v) is 4.19. The molecule has 1 aliphatic heterocycles. The monoisotopic (exact) mass is 292 g/mol. The Kier molecular flexibility index (Phi) is 5.88. The van der Waals surface area contributed by atoms with E-state index in [4.69, 9.17) is 0 Å². The third kappa shape index (κ3) is 4.90. The number of ketones is 1. The highest BCUT2D eigenvalue weighted by molar-refractivity contribution is 5.82. The predicted octanol–water partition coefficient (Wildman–Crippen LogP) is 2.35. The second kappa shape index (κ2) is 7.66. The highest BCUT2D eigenvalue weighted by atomic mass is 19.1. The molecule has 0 aliphatic carbocycles. The molecule has 1 fully saturated rings. The summed E-state index contributed by atoms with van der Waals surface area (Å²) >= 11 is 0. The van der Waals surface area contributed by atoms with Gasteiger partial charge in [-0.3, -0.25) is 9.69 Å². The largest absolute Gasteiger partial charge is 0.305 e. The summed E-state index contributed by atoms with van der Waals surface area (Å²) in [5.74, 6) is -0.0441. The number of nitrogens with zero attached hydrogens (tertiary/aromatic N) is 2. The lowest BCUT2D eigenvalue weighted by atomic mass is 10.1. The maximum atomic E-state index is 12.9. The first-order valence-electron chi connectivity index (χ1n) is 7.77. The van der Waals surface area contributed by atoms with Gasteiger partial charge in [0.15, 0.2) is 5.78 Å². The molecule has 1 saturated heterocycles. The molecular weight excluding hydrogens is 267 g/mol. The molecule has 0 bridgehead atoms. The van der Waals surface area contributed by atoms with E-state index in [2.05, 4.69) is 23.8 Å². The molecule has 3 nitrogen and oxygen atoms in total. The standard InChI is InChI=1S/C17H25FN2O/c1-3-16-12-19(2)9-4-10-20(16)13-17(21)11-14-5-7-15(18)8-6-14/h5-8,16H,3-4,9-13H2,1-2H3. The number of hydrogen-bond donors (Lipinski definition) is 0. The van der Waals surface area contributed by atoms with Crippen LogP contribution in [0.3, 0.4) is 0 Å². The van der Waals surface area contributed by atoms with Crippen molar-refractivity contribution in [1.82, 2.24) is 9.80 Å². The minimum absolute atomic E-state index is 0.213. The number of hydrogen-bond acceptors (Lipinski definition) is 3. The highest BCUT2D eigenvalue weighted by Gasteiger charge is 2.23. The molecule has 1 unspecified atom stereocenters. The summed E-state index contributed by atoms with van der Waals surface area (Å²) in [6.07, 6.45) is 2.56. The molecule has 116 valence electrons. The van der Waals surface area contributed by atoms with Gasteiger partial charge in [-0.2, -0.15) is 0 Å². The lowest BCUT2D eigenvalue weighted by Gasteiger charge is -2.29. The number of likely N-dealkylation sites (N-methyl/N-ethyl adjacent to an activating group) is 1. The van der Waals surface area contributed by atoms with Crippen molar-refractivity contribution in [2.45, 2.75) is 32.2 Å². The Morgan fingerprint density at radius 2 is 2.00 bits per heavy atom. The smallest absolute Gasteiger partial charge is 0.151 e. The molecule has 0 radical (unpaired) electrons. The summed E-state index contributed by atoms with van der Waals surface area (Å²) in [5.41, 5.74) is 0.890. The maximum absolute atomic E-state index is 12.9. The van der Waals surface area contributed by atoms with Crippen molar-refractivity contribution in [2.75, 3.05) is 33.2 Å². The zero-order valence-corrected chi connectivity index (χ0v) is 13.0. The van der Waals surface area contributed by atoms with Crippen LogP contribution in [0.4, 0.5) is 4.39 Å². The number of carbonyl (C=O) groups is 1. The van der Waals surface area contributed by atoms with Crippen LogP contribution < -0.4 is 0 Å². The van der Waals surface area contributed by atoms with Crippen LogP contribution in [0.5, 0.6) is 0 Å². The molecule has 0 aromatic heterocycles. The Hall–Kier alpha value is -1.26. The average molecular weight is 292 g/mol. The molecule has 0 saturated carbocycles. The lowest BCUT2D eigenvalue weighted by Crippen LogP contribution is -2.42. The van der Waals surface area contributed by atoms with E-state index in [1.54, 1.807) is 12.1 Å². The minimum atomic E-state index is -0.257. The zero-order valence-electron chi connectivity index (χ0n) is 13.0. The van der Waals surface area contributed by atoms with Crippen molar-refractivity contribution in [2.24, 2.45) is 0 Å².